The lowest BCUT2D eigenvalue weighted by molar-refractivity contribution is -0.150. The monoisotopic (exact) mass is 454 g/mol. The summed E-state index contributed by atoms with van der Waals surface area (Å²) >= 11 is 1.73. The quantitative estimate of drug-likeness (QED) is 0.193. The van der Waals surface area contributed by atoms with Crippen LogP contribution in [-0.4, -0.2) is 55.9 Å². The van der Waals surface area contributed by atoms with Crippen LogP contribution in [0.4, 0.5) is 0 Å². The molecule has 1 heterocycles. The second kappa shape index (κ2) is 11.7. The van der Waals surface area contributed by atoms with Crippen molar-refractivity contribution in [3.63, 3.8) is 0 Å². The highest BCUT2D eigenvalue weighted by atomic mass is 32.2. The van der Waals surface area contributed by atoms with Gasteiger partial charge in [-0.05, 0) is 54.5 Å². The Morgan fingerprint density at radius 3 is 2.44 bits per heavy atom. The molecule has 0 atom stereocenters. The zero-order valence-electron chi connectivity index (χ0n) is 18.9. The number of hydrogen-bond acceptors (Lipinski definition) is 6. The lowest BCUT2D eigenvalue weighted by atomic mass is 10.1. The Kier molecular flexibility index (Phi) is 8.76. The Morgan fingerprint density at radius 1 is 1.19 bits per heavy atom. The molecule has 0 amide bonds. The number of carbonyl (C=O) groups is 1. The van der Waals surface area contributed by atoms with Crippen molar-refractivity contribution in [1.29, 1.82) is 0 Å². The van der Waals surface area contributed by atoms with Crippen LogP contribution in [0, 0.1) is 13.8 Å². The van der Waals surface area contributed by atoms with Gasteiger partial charge in [-0.1, -0.05) is 42.1 Å². The van der Waals surface area contributed by atoms with Crippen molar-refractivity contribution in [2.24, 2.45) is 5.16 Å². The van der Waals surface area contributed by atoms with Gasteiger partial charge >= 0.3 is 5.97 Å². The summed E-state index contributed by atoms with van der Waals surface area (Å²) in [6.07, 6.45) is 3.85. The molecular formula is C25H30N2O4S. The van der Waals surface area contributed by atoms with E-state index < -0.39 is 5.97 Å². The fraction of sp³-hybridized carbons (Fsp3) is 0.360. The van der Waals surface area contributed by atoms with Gasteiger partial charge in [0.15, 0.2) is 5.84 Å². The van der Waals surface area contributed by atoms with Crippen molar-refractivity contribution in [2.45, 2.75) is 25.3 Å². The first-order valence-corrected chi connectivity index (χ1v) is 11.8. The third-order valence-corrected chi connectivity index (χ3v) is 6.23. The number of benzene rings is 2. The maximum atomic E-state index is 12.2. The number of amidine groups is 1. The minimum atomic E-state index is -0.465. The summed E-state index contributed by atoms with van der Waals surface area (Å²) < 4.78 is 10.8. The minimum Gasteiger partial charge on any atom is -0.458 e. The molecule has 0 aromatic heterocycles. The molecule has 2 aromatic rings. The molecule has 1 aliphatic heterocycles. The molecule has 170 valence electrons. The summed E-state index contributed by atoms with van der Waals surface area (Å²) in [5, 5.41) is 4.34. The van der Waals surface area contributed by atoms with Crippen molar-refractivity contribution in [1.82, 2.24) is 4.90 Å². The standard InChI is InChI=1S/C25H30N2O4S/c1-5-20-6-8-21(9-7-20)16-30-23(28)17-31-26-25(27-10-12-29-13-11-27)22-14-18(2)24(32-4)19(3)15-22/h5-9,14-15H,1,10-13,16-17H2,2-4H3/b26-25-. The first kappa shape index (κ1) is 23.9. The van der Waals surface area contributed by atoms with Gasteiger partial charge in [-0.15, -0.1) is 11.8 Å². The number of ether oxygens (including phenoxy) is 2. The molecule has 0 spiro atoms. The van der Waals surface area contributed by atoms with Crippen LogP contribution < -0.4 is 0 Å². The summed E-state index contributed by atoms with van der Waals surface area (Å²) in [7, 11) is 0. The van der Waals surface area contributed by atoms with E-state index in [4.69, 9.17) is 14.3 Å². The van der Waals surface area contributed by atoms with Gasteiger partial charge in [-0.3, -0.25) is 0 Å². The van der Waals surface area contributed by atoms with E-state index in [0.717, 1.165) is 29.8 Å². The second-order valence-corrected chi connectivity index (χ2v) is 8.35. The van der Waals surface area contributed by atoms with E-state index >= 15 is 0 Å². The molecule has 3 rings (SSSR count). The number of oxime groups is 1. The summed E-state index contributed by atoms with van der Waals surface area (Å²) in [5.41, 5.74) is 5.27. The Morgan fingerprint density at radius 2 is 1.84 bits per heavy atom. The lowest BCUT2D eigenvalue weighted by Crippen LogP contribution is -2.41. The molecule has 0 N–H and O–H groups in total. The van der Waals surface area contributed by atoms with Gasteiger partial charge in [0.25, 0.3) is 0 Å². The molecule has 1 fully saturated rings. The maximum absolute atomic E-state index is 12.2. The van der Waals surface area contributed by atoms with Gasteiger partial charge in [0.1, 0.15) is 6.61 Å². The molecule has 0 radical (unpaired) electrons. The maximum Gasteiger partial charge on any atom is 0.347 e. The van der Waals surface area contributed by atoms with E-state index in [9.17, 15) is 4.79 Å². The zero-order valence-corrected chi connectivity index (χ0v) is 19.7. The van der Waals surface area contributed by atoms with Crippen LogP contribution in [0.2, 0.25) is 0 Å². The van der Waals surface area contributed by atoms with Crippen LogP contribution in [0.3, 0.4) is 0 Å². The predicted molar refractivity (Wildman–Crippen MR) is 129 cm³/mol. The largest absolute Gasteiger partial charge is 0.458 e. The van der Waals surface area contributed by atoms with Crippen molar-refractivity contribution in [2.75, 3.05) is 39.2 Å². The second-order valence-electron chi connectivity index (χ2n) is 7.54. The smallest absolute Gasteiger partial charge is 0.347 e. The van der Waals surface area contributed by atoms with Crippen molar-refractivity contribution >= 4 is 29.6 Å². The predicted octanol–water partition coefficient (Wildman–Crippen LogP) is 4.42. The normalized spacial score (nSPS) is 14.2. The first-order valence-electron chi connectivity index (χ1n) is 10.6. The van der Waals surface area contributed by atoms with Gasteiger partial charge in [0.05, 0.1) is 13.2 Å². The molecule has 1 aliphatic rings. The van der Waals surface area contributed by atoms with E-state index in [1.807, 2.05) is 24.3 Å². The molecule has 2 aromatic carbocycles. The Bertz CT molecular complexity index is 943. The van der Waals surface area contributed by atoms with Gasteiger partial charge in [-0.2, -0.15) is 0 Å². The average Bonchev–Trinajstić information content (AvgIpc) is 2.81. The lowest BCUT2D eigenvalue weighted by Gasteiger charge is -2.29. The number of thioether (sulfide) groups is 1. The van der Waals surface area contributed by atoms with E-state index in [2.05, 4.69) is 48.9 Å². The van der Waals surface area contributed by atoms with E-state index in [1.54, 1.807) is 17.8 Å². The topological polar surface area (TPSA) is 60.4 Å². The molecule has 0 aliphatic carbocycles. The number of hydrogen-bond donors (Lipinski definition) is 0. The van der Waals surface area contributed by atoms with Crippen molar-refractivity contribution in [3.8, 4) is 0 Å². The summed E-state index contributed by atoms with van der Waals surface area (Å²) in [5.74, 6) is 0.243. The Hall–Kier alpha value is -2.77. The van der Waals surface area contributed by atoms with Crippen LogP contribution >= 0.6 is 11.8 Å². The van der Waals surface area contributed by atoms with E-state index in [1.165, 1.54) is 16.0 Å². The Balaban J connectivity index is 1.66. The van der Waals surface area contributed by atoms with Crippen LogP contribution in [0.15, 0.2) is 53.0 Å². The van der Waals surface area contributed by atoms with Crippen LogP contribution in [-0.2, 0) is 25.7 Å². The summed E-state index contributed by atoms with van der Waals surface area (Å²) in [6, 6.07) is 11.9. The number of aryl methyl sites for hydroxylation is 2. The molecule has 6 nitrogen and oxygen atoms in total. The van der Waals surface area contributed by atoms with Crippen molar-refractivity contribution in [3.05, 3.63) is 70.8 Å². The first-order chi connectivity index (χ1) is 15.5. The van der Waals surface area contributed by atoms with Gasteiger partial charge in [-0.25, -0.2) is 4.79 Å². The Labute approximate surface area is 194 Å². The number of esters is 1. The van der Waals surface area contributed by atoms with Crippen LogP contribution in [0.5, 0.6) is 0 Å². The van der Waals surface area contributed by atoms with Crippen LogP contribution in [0.1, 0.15) is 27.8 Å². The molecule has 1 saturated heterocycles. The highest BCUT2D eigenvalue weighted by molar-refractivity contribution is 7.98. The minimum absolute atomic E-state index is 0.189. The third kappa shape index (κ3) is 6.37. The van der Waals surface area contributed by atoms with Crippen LogP contribution in [0.25, 0.3) is 6.08 Å². The molecule has 0 saturated carbocycles. The third-order valence-electron chi connectivity index (χ3n) is 5.18. The average molecular weight is 455 g/mol. The fourth-order valence-corrected chi connectivity index (χ4v) is 4.33. The number of morpholine rings is 1. The fourth-order valence-electron chi connectivity index (χ4n) is 3.57. The molecule has 0 unspecified atom stereocenters. The number of carbonyl (C=O) groups excluding carboxylic acids is 1. The van der Waals surface area contributed by atoms with Gasteiger partial charge in [0, 0.05) is 23.5 Å². The molecule has 32 heavy (non-hydrogen) atoms. The van der Waals surface area contributed by atoms with E-state index in [0.29, 0.717) is 19.0 Å². The molecule has 7 heteroatoms. The van der Waals surface area contributed by atoms with Gasteiger partial charge < -0.3 is 19.2 Å². The zero-order chi connectivity index (χ0) is 22.9. The highest BCUT2D eigenvalue weighted by Crippen LogP contribution is 2.26. The number of rotatable bonds is 8. The van der Waals surface area contributed by atoms with Crippen molar-refractivity contribution < 1.29 is 19.1 Å². The highest BCUT2D eigenvalue weighted by Gasteiger charge is 2.20. The SMILES string of the molecule is C=Cc1ccc(COC(=O)CO/N=C(/c2cc(C)c(SC)c(C)c2)N2CCOCC2)cc1. The summed E-state index contributed by atoms with van der Waals surface area (Å²) in [4.78, 5) is 21.0. The molecule has 0 bridgehead atoms. The summed E-state index contributed by atoms with van der Waals surface area (Å²) in [6.45, 7) is 10.6. The number of nitrogens with zero attached hydrogens (tertiary/aromatic N) is 2. The van der Waals surface area contributed by atoms with E-state index in [-0.39, 0.29) is 13.2 Å². The van der Waals surface area contributed by atoms with Gasteiger partial charge in [0.2, 0.25) is 6.61 Å². The molecular weight excluding hydrogens is 424 g/mol.